The highest BCUT2D eigenvalue weighted by molar-refractivity contribution is 7.91. The van der Waals surface area contributed by atoms with Crippen molar-refractivity contribution >= 4 is 39.1 Å². The number of hydrogen-bond acceptors (Lipinski definition) is 7. The number of para-hydroxylation sites is 1. The fourth-order valence-corrected chi connectivity index (χ4v) is 5.75. The lowest BCUT2D eigenvalue weighted by molar-refractivity contribution is -0.143. The predicted molar refractivity (Wildman–Crippen MR) is 122 cm³/mol. The van der Waals surface area contributed by atoms with Crippen LogP contribution >= 0.6 is 11.3 Å². The van der Waals surface area contributed by atoms with Crippen molar-refractivity contribution in [3.63, 3.8) is 0 Å². The molecule has 1 aromatic carbocycles. The monoisotopic (exact) mass is 471 g/mol. The lowest BCUT2D eigenvalue weighted by Gasteiger charge is -2.10. The van der Waals surface area contributed by atoms with Gasteiger partial charge in [0.2, 0.25) is 0 Å². The minimum atomic E-state index is -3.09. The summed E-state index contributed by atoms with van der Waals surface area (Å²) in [6.45, 7) is -0.471. The Morgan fingerprint density at radius 1 is 1.22 bits per heavy atom. The molecule has 1 atom stereocenters. The molecule has 1 N–H and O–H groups in total. The summed E-state index contributed by atoms with van der Waals surface area (Å²) in [4.78, 5) is 25.0. The van der Waals surface area contributed by atoms with Crippen molar-refractivity contribution in [2.75, 3.05) is 18.1 Å². The van der Waals surface area contributed by atoms with Crippen LogP contribution in [0.3, 0.4) is 0 Å². The Morgan fingerprint density at radius 2 is 2.03 bits per heavy atom. The van der Waals surface area contributed by atoms with Gasteiger partial charge in [-0.25, -0.2) is 17.9 Å². The second kappa shape index (κ2) is 9.49. The molecule has 0 spiro atoms. The zero-order valence-corrected chi connectivity index (χ0v) is 18.6. The van der Waals surface area contributed by atoms with Crippen LogP contribution < -0.4 is 5.32 Å². The standard InChI is InChI=1S/C22H21N3O5S2/c26-20(23-17-10-12-32(28,29)15-17)14-30-21(27)9-8-16-13-25(18-5-2-1-3-6-18)24-22(16)19-7-4-11-31-19/h1-9,11,13,17H,10,12,14-15H2,(H,23,26). The predicted octanol–water partition coefficient (Wildman–Crippen LogP) is 2.46. The van der Waals surface area contributed by atoms with E-state index in [1.54, 1.807) is 22.1 Å². The lowest BCUT2D eigenvalue weighted by Crippen LogP contribution is -2.38. The molecule has 0 aliphatic carbocycles. The quantitative estimate of drug-likeness (QED) is 0.419. The number of sulfone groups is 1. The van der Waals surface area contributed by atoms with E-state index in [9.17, 15) is 18.0 Å². The van der Waals surface area contributed by atoms with Crippen LogP contribution in [0.15, 0.2) is 60.1 Å². The van der Waals surface area contributed by atoms with Crippen molar-refractivity contribution in [3.8, 4) is 16.3 Å². The summed E-state index contributed by atoms with van der Waals surface area (Å²) in [6, 6.07) is 13.1. The second-order valence-electron chi connectivity index (χ2n) is 7.30. The summed E-state index contributed by atoms with van der Waals surface area (Å²) in [5.41, 5.74) is 2.35. The van der Waals surface area contributed by atoms with Crippen molar-refractivity contribution in [1.82, 2.24) is 15.1 Å². The molecule has 0 radical (unpaired) electrons. The van der Waals surface area contributed by atoms with Gasteiger partial charge in [0.15, 0.2) is 16.4 Å². The Balaban J connectivity index is 1.40. The van der Waals surface area contributed by atoms with Gasteiger partial charge in [-0.15, -0.1) is 11.3 Å². The van der Waals surface area contributed by atoms with Crippen LogP contribution in [0.5, 0.6) is 0 Å². The maximum Gasteiger partial charge on any atom is 0.331 e. The number of amides is 1. The molecule has 32 heavy (non-hydrogen) atoms. The summed E-state index contributed by atoms with van der Waals surface area (Å²) >= 11 is 1.54. The van der Waals surface area contributed by atoms with Crippen molar-refractivity contribution in [2.24, 2.45) is 0 Å². The van der Waals surface area contributed by atoms with Gasteiger partial charge in [-0.1, -0.05) is 24.3 Å². The molecule has 0 saturated carbocycles. The fourth-order valence-electron chi connectivity index (χ4n) is 3.35. The van der Waals surface area contributed by atoms with Crippen LogP contribution in [-0.2, 0) is 24.2 Å². The molecule has 1 aliphatic rings. The van der Waals surface area contributed by atoms with Crippen molar-refractivity contribution < 1.29 is 22.7 Å². The molecule has 0 bridgehead atoms. The van der Waals surface area contributed by atoms with E-state index in [0.29, 0.717) is 6.42 Å². The van der Waals surface area contributed by atoms with E-state index >= 15 is 0 Å². The van der Waals surface area contributed by atoms with Gasteiger partial charge >= 0.3 is 5.97 Å². The van der Waals surface area contributed by atoms with Crippen LogP contribution in [0.1, 0.15) is 12.0 Å². The number of nitrogens with zero attached hydrogens (tertiary/aromatic N) is 2. The average Bonchev–Trinajstić information content (AvgIpc) is 3.51. The van der Waals surface area contributed by atoms with Crippen LogP contribution in [0.2, 0.25) is 0 Å². The minimum Gasteiger partial charge on any atom is -0.452 e. The summed E-state index contributed by atoms with van der Waals surface area (Å²) in [7, 11) is -3.09. The molecular weight excluding hydrogens is 450 g/mol. The minimum absolute atomic E-state index is 0.0592. The summed E-state index contributed by atoms with van der Waals surface area (Å²) in [6.07, 6.45) is 5.04. The number of thiophene rings is 1. The Morgan fingerprint density at radius 3 is 2.72 bits per heavy atom. The third-order valence-corrected chi connectivity index (χ3v) is 7.50. The molecule has 1 amide bonds. The van der Waals surface area contributed by atoms with Crippen LogP contribution in [0, 0.1) is 0 Å². The number of benzene rings is 1. The third kappa shape index (κ3) is 5.51. The van der Waals surface area contributed by atoms with Gasteiger partial charge in [-0.05, 0) is 36.1 Å². The van der Waals surface area contributed by atoms with Gasteiger partial charge < -0.3 is 10.1 Å². The topological polar surface area (TPSA) is 107 Å². The van der Waals surface area contributed by atoms with E-state index in [1.165, 1.54) is 6.08 Å². The summed E-state index contributed by atoms with van der Waals surface area (Å²) in [5, 5.41) is 9.19. The Bertz CT molecular complexity index is 1230. The highest BCUT2D eigenvalue weighted by Gasteiger charge is 2.29. The third-order valence-electron chi connectivity index (χ3n) is 4.86. The molecule has 8 nitrogen and oxygen atoms in total. The van der Waals surface area contributed by atoms with Gasteiger partial charge in [-0.3, -0.25) is 4.79 Å². The molecule has 1 fully saturated rings. The van der Waals surface area contributed by atoms with E-state index < -0.39 is 34.4 Å². The Labute approximate surface area is 189 Å². The fraction of sp³-hybridized carbons (Fsp3) is 0.227. The van der Waals surface area contributed by atoms with Gasteiger partial charge in [-0.2, -0.15) is 5.10 Å². The molecule has 3 heterocycles. The smallest absolute Gasteiger partial charge is 0.331 e. The largest absolute Gasteiger partial charge is 0.452 e. The second-order valence-corrected chi connectivity index (χ2v) is 10.5. The Hall–Kier alpha value is -3.24. The summed E-state index contributed by atoms with van der Waals surface area (Å²) < 4.78 is 29.7. The van der Waals surface area contributed by atoms with Gasteiger partial charge in [0.1, 0.15) is 5.69 Å². The highest BCUT2D eigenvalue weighted by atomic mass is 32.2. The van der Waals surface area contributed by atoms with E-state index in [2.05, 4.69) is 10.4 Å². The molecule has 166 valence electrons. The molecule has 2 aromatic heterocycles. The normalized spacial score (nSPS) is 17.4. The maximum atomic E-state index is 12.1. The molecule has 1 aliphatic heterocycles. The molecule has 3 aromatic rings. The number of carbonyl (C=O) groups is 2. The van der Waals surface area contributed by atoms with Gasteiger partial charge in [0.25, 0.3) is 5.91 Å². The first-order chi connectivity index (χ1) is 15.4. The number of aromatic nitrogens is 2. The number of ether oxygens (including phenoxy) is 1. The first kappa shape index (κ1) is 22.0. The SMILES string of the molecule is O=C(COC(=O)C=Cc1cn(-c2ccccc2)nc1-c1cccs1)NC1CCS(=O)(=O)C1. The first-order valence-electron chi connectivity index (χ1n) is 9.93. The van der Waals surface area contributed by atoms with Crippen LogP contribution in [0.4, 0.5) is 0 Å². The average molecular weight is 472 g/mol. The molecule has 10 heteroatoms. The van der Waals surface area contributed by atoms with E-state index in [0.717, 1.165) is 21.8 Å². The highest BCUT2D eigenvalue weighted by Crippen LogP contribution is 2.28. The lowest BCUT2D eigenvalue weighted by atomic mass is 10.2. The number of rotatable bonds is 7. The molecule has 4 rings (SSSR count). The van der Waals surface area contributed by atoms with E-state index in [4.69, 9.17) is 4.74 Å². The Kier molecular flexibility index (Phi) is 6.52. The number of carbonyl (C=O) groups excluding carboxylic acids is 2. The zero-order chi connectivity index (χ0) is 22.6. The van der Waals surface area contributed by atoms with Crippen molar-refractivity contribution in [2.45, 2.75) is 12.5 Å². The number of nitrogens with one attached hydrogen (secondary N) is 1. The number of hydrogen-bond donors (Lipinski definition) is 1. The molecule has 1 unspecified atom stereocenters. The molecule has 1 saturated heterocycles. The van der Waals surface area contributed by atoms with Crippen molar-refractivity contribution in [3.05, 3.63) is 65.7 Å². The van der Waals surface area contributed by atoms with Gasteiger partial charge in [0.05, 0.1) is 22.1 Å². The van der Waals surface area contributed by atoms with E-state index in [-0.39, 0.29) is 11.5 Å². The van der Waals surface area contributed by atoms with Gasteiger partial charge in [0, 0.05) is 23.9 Å². The van der Waals surface area contributed by atoms with Crippen LogP contribution in [-0.4, -0.2) is 54.2 Å². The number of esters is 1. The van der Waals surface area contributed by atoms with Crippen molar-refractivity contribution in [1.29, 1.82) is 0 Å². The maximum absolute atomic E-state index is 12.1. The van der Waals surface area contributed by atoms with Crippen LogP contribution in [0.25, 0.3) is 22.3 Å². The first-order valence-corrected chi connectivity index (χ1v) is 12.6. The zero-order valence-electron chi connectivity index (χ0n) is 17.0. The summed E-state index contributed by atoms with van der Waals surface area (Å²) in [5.74, 6) is -1.22. The van der Waals surface area contributed by atoms with E-state index in [1.807, 2.05) is 54.0 Å². The molecular formula is C22H21N3O5S2.